The van der Waals surface area contributed by atoms with Crippen LogP contribution >= 0.6 is 22.9 Å². The van der Waals surface area contributed by atoms with Gasteiger partial charge in [0, 0.05) is 42.5 Å². The summed E-state index contributed by atoms with van der Waals surface area (Å²) in [6.07, 6.45) is 5.50. The number of nitrogens with one attached hydrogen (secondary N) is 1. The van der Waals surface area contributed by atoms with Crippen molar-refractivity contribution in [3.8, 4) is 0 Å². The maximum absolute atomic E-state index is 12.5. The van der Waals surface area contributed by atoms with Crippen molar-refractivity contribution in [1.29, 1.82) is 0 Å². The van der Waals surface area contributed by atoms with Crippen molar-refractivity contribution in [3.05, 3.63) is 68.3 Å². The molecule has 0 saturated heterocycles. The molecule has 0 aliphatic heterocycles. The summed E-state index contributed by atoms with van der Waals surface area (Å²) in [6.45, 7) is 2.19. The highest BCUT2D eigenvalue weighted by atomic mass is 35.5. The fourth-order valence-corrected chi connectivity index (χ4v) is 4.09. The lowest BCUT2D eigenvalue weighted by Gasteiger charge is -2.05. The molecule has 30 heavy (non-hydrogen) atoms. The third-order valence-electron chi connectivity index (χ3n) is 4.71. The van der Waals surface area contributed by atoms with Crippen LogP contribution < -0.4 is 10.9 Å². The van der Waals surface area contributed by atoms with E-state index in [-0.39, 0.29) is 24.4 Å². The number of fused-ring (bicyclic) bond motifs is 1. The van der Waals surface area contributed by atoms with Crippen LogP contribution in [-0.2, 0) is 24.8 Å². The highest BCUT2D eigenvalue weighted by Crippen LogP contribution is 2.24. The molecule has 1 aromatic carbocycles. The average Bonchev–Trinajstić information content (AvgIpc) is 3.31. The molecule has 3 heterocycles. The molecule has 0 saturated carbocycles. The van der Waals surface area contributed by atoms with E-state index < -0.39 is 0 Å². The van der Waals surface area contributed by atoms with Gasteiger partial charge in [0.2, 0.25) is 5.91 Å². The van der Waals surface area contributed by atoms with E-state index in [9.17, 15) is 9.59 Å². The summed E-state index contributed by atoms with van der Waals surface area (Å²) in [5.74, 6) is -0.215. The number of anilines is 1. The van der Waals surface area contributed by atoms with Gasteiger partial charge in [-0.3, -0.25) is 18.8 Å². The van der Waals surface area contributed by atoms with Gasteiger partial charge in [-0.2, -0.15) is 5.10 Å². The number of aromatic nitrogens is 5. The van der Waals surface area contributed by atoms with Crippen molar-refractivity contribution in [2.75, 3.05) is 5.32 Å². The third-order valence-corrected chi connectivity index (χ3v) is 6.03. The van der Waals surface area contributed by atoms with Gasteiger partial charge >= 0.3 is 0 Å². The first-order chi connectivity index (χ1) is 14.4. The van der Waals surface area contributed by atoms with Crippen LogP contribution in [0.5, 0.6) is 0 Å². The summed E-state index contributed by atoms with van der Waals surface area (Å²) in [4.78, 5) is 34.3. The number of thiazole rings is 1. The lowest BCUT2D eigenvalue weighted by atomic mass is 10.1. The molecule has 154 valence electrons. The van der Waals surface area contributed by atoms with Crippen LogP contribution in [0.25, 0.3) is 11.0 Å². The van der Waals surface area contributed by atoms with E-state index >= 15 is 0 Å². The highest BCUT2D eigenvalue weighted by molar-refractivity contribution is 7.15. The van der Waals surface area contributed by atoms with Crippen molar-refractivity contribution in [2.45, 2.75) is 26.3 Å². The Kier molecular flexibility index (Phi) is 5.65. The van der Waals surface area contributed by atoms with Crippen molar-refractivity contribution in [3.63, 3.8) is 0 Å². The fraction of sp³-hybridized carbons (Fsp3) is 0.250. The highest BCUT2D eigenvalue weighted by Gasteiger charge is 2.11. The van der Waals surface area contributed by atoms with E-state index in [0.717, 1.165) is 21.0 Å². The van der Waals surface area contributed by atoms with Gasteiger partial charge in [-0.25, -0.2) is 9.97 Å². The molecule has 0 unspecified atom stereocenters. The summed E-state index contributed by atoms with van der Waals surface area (Å²) >= 11 is 7.60. The lowest BCUT2D eigenvalue weighted by Crippen LogP contribution is -2.23. The van der Waals surface area contributed by atoms with Crippen LogP contribution in [0.15, 0.2) is 41.7 Å². The van der Waals surface area contributed by atoms with Gasteiger partial charge in [0.05, 0.1) is 12.5 Å². The Morgan fingerprint density at radius 1 is 1.27 bits per heavy atom. The number of benzene rings is 1. The molecule has 0 bridgehead atoms. The van der Waals surface area contributed by atoms with Crippen LogP contribution in [0.1, 0.15) is 22.4 Å². The maximum Gasteiger partial charge on any atom is 0.264 e. The van der Waals surface area contributed by atoms with Gasteiger partial charge in [-0.1, -0.05) is 23.7 Å². The first-order valence-electron chi connectivity index (χ1n) is 9.27. The Hall–Kier alpha value is -3.04. The van der Waals surface area contributed by atoms with Crippen molar-refractivity contribution in [1.82, 2.24) is 24.3 Å². The number of carbonyl (C=O) groups is 1. The third kappa shape index (κ3) is 4.27. The lowest BCUT2D eigenvalue weighted by molar-refractivity contribution is -0.116. The molecule has 0 radical (unpaired) electrons. The summed E-state index contributed by atoms with van der Waals surface area (Å²) < 4.78 is 2.95. The molecule has 10 heteroatoms. The first kappa shape index (κ1) is 20.2. The number of carbonyl (C=O) groups excluding carboxylic acids is 1. The molecule has 4 aromatic rings. The Balaban J connectivity index is 1.36. The van der Waals surface area contributed by atoms with Crippen LogP contribution in [-0.4, -0.2) is 30.2 Å². The van der Waals surface area contributed by atoms with E-state index in [0.29, 0.717) is 22.6 Å². The van der Waals surface area contributed by atoms with Crippen LogP contribution in [0.3, 0.4) is 0 Å². The molecular formula is C20H19ClN6O2S. The normalized spacial score (nSPS) is 11.2. The standard InChI is InChI=1S/C20H19ClN6O2S/c1-12-3-4-13(8-16(12)21)7-14-9-22-20(30-14)25-17(28)5-6-27-11-23-18-15(19(27)29)10-24-26(18)2/h3-4,8-11H,5-7H2,1-2H3,(H,22,25,28). The zero-order valence-electron chi connectivity index (χ0n) is 16.4. The van der Waals surface area contributed by atoms with Crippen LogP contribution in [0, 0.1) is 6.92 Å². The summed E-state index contributed by atoms with van der Waals surface area (Å²) in [7, 11) is 1.72. The van der Waals surface area contributed by atoms with Gasteiger partial charge in [-0.05, 0) is 24.1 Å². The molecule has 1 N–H and O–H groups in total. The minimum atomic E-state index is -0.215. The average molecular weight is 443 g/mol. The molecule has 0 fully saturated rings. The molecule has 3 aromatic heterocycles. The second kappa shape index (κ2) is 8.37. The molecule has 0 atom stereocenters. The molecule has 8 nitrogen and oxygen atoms in total. The van der Waals surface area contributed by atoms with E-state index in [1.54, 1.807) is 17.9 Å². The van der Waals surface area contributed by atoms with Gasteiger partial charge in [0.1, 0.15) is 5.39 Å². The van der Waals surface area contributed by atoms with Crippen LogP contribution in [0.2, 0.25) is 5.02 Å². The van der Waals surface area contributed by atoms with E-state index in [1.807, 2.05) is 25.1 Å². The second-order valence-electron chi connectivity index (χ2n) is 6.94. The van der Waals surface area contributed by atoms with Crippen LogP contribution in [0.4, 0.5) is 5.13 Å². The monoisotopic (exact) mass is 442 g/mol. The minimum absolute atomic E-state index is 0.135. The van der Waals surface area contributed by atoms with Crippen molar-refractivity contribution in [2.24, 2.45) is 7.05 Å². The first-order valence-corrected chi connectivity index (χ1v) is 10.5. The molecule has 0 spiro atoms. The van der Waals surface area contributed by atoms with Gasteiger partial charge in [0.25, 0.3) is 5.56 Å². The zero-order valence-corrected chi connectivity index (χ0v) is 18.0. The number of halogens is 1. The fourth-order valence-electron chi connectivity index (χ4n) is 3.02. The SMILES string of the molecule is Cc1ccc(Cc2cnc(NC(=O)CCn3cnc4c(cnn4C)c3=O)s2)cc1Cl. The molecule has 1 amide bonds. The van der Waals surface area contributed by atoms with Gasteiger partial charge < -0.3 is 5.32 Å². The summed E-state index contributed by atoms with van der Waals surface area (Å²) in [6, 6.07) is 5.96. The molecule has 4 rings (SSSR count). The van der Waals surface area contributed by atoms with Gasteiger partial charge in [0.15, 0.2) is 10.8 Å². The Bertz CT molecular complexity index is 1290. The summed E-state index contributed by atoms with van der Waals surface area (Å²) in [5, 5.41) is 8.52. The van der Waals surface area contributed by atoms with E-state index in [1.165, 1.54) is 28.4 Å². The van der Waals surface area contributed by atoms with Crippen molar-refractivity contribution >= 4 is 45.0 Å². The van der Waals surface area contributed by atoms with E-state index in [4.69, 9.17) is 11.6 Å². The van der Waals surface area contributed by atoms with Crippen molar-refractivity contribution < 1.29 is 4.79 Å². The number of hydrogen-bond acceptors (Lipinski definition) is 6. The maximum atomic E-state index is 12.5. The predicted molar refractivity (Wildman–Crippen MR) is 117 cm³/mol. The van der Waals surface area contributed by atoms with Gasteiger partial charge in [-0.15, -0.1) is 11.3 Å². The number of rotatable bonds is 6. The quantitative estimate of drug-likeness (QED) is 0.495. The summed E-state index contributed by atoms with van der Waals surface area (Å²) in [5.41, 5.74) is 2.43. The van der Waals surface area contributed by atoms with E-state index in [2.05, 4.69) is 20.4 Å². The topological polar surface area (TPSA) is 94.7 Å². The predicted octanol–water partition coefficient (Wildman–Crippen LogP) is 3.17. The molecule has 0 aliphatic rings. The Morgan fingerprint density at radius 2 is 2.10 bits per heavy atom. The smallest absolute Gasteiger partial charge is 0.264 e. The Morgan fingerprint density at radius 3 is 2.90 bits per heavy atom. The molecular weight excluding hydrogens is 424 g/mol. The number of nitrogens with zero attached hydrogens (tertiary/aromatic N) is 5. The minimum Gasteiger partial charge on any atom is -0.302 e. The second-order valence-corrected chi connectivity index (χ2v) is 8.46. The number of aryl methyl sites for hydroxylation is 3. The number of hydrogen-bond donors (Lipinski definition) is 1. The largest absolute Gasteiger partial charge is 0.302 e. The number of amides is 1. The zero-order chi connectivity index (χ0) is 21.3. The molecule has 0 aliphatic carbocycles. The Labute approximate surface area is 181 Å².